The van der Waals surface area contributed by atoms with Gasteiger partial charge in [-0.25, -0.2) is 0 Å². The Balaban J connectivity index is 2.60. The predicted octanol–water partition coefficient (Wildman–Crippen LogP) is 6.65. The number of hydrogen-bond acceptors (Lipinski definition) is 0. The molecular formula is C13H21Cl5Si2. The lowest BCUT2D eigenvalue weighted by atomic mass is 9.68. The standard InChI is InChI=1S/C13H21Cl5Si2/c1-12-6-2-3-7-13(12,8-4-10-19(14)15)9-5-11-20(16,17)18/h2-3,6-7,12,19H,4-5,8-11H2,1H3. The van der Waals surface area contributed by atoms with Crippen molar-refractivity contribution < 1.29 is 0 Å². The molecule has 0 saturated heterocycles. The van der Waals surface area contributed by atoms with Crippen LogP contribution in [0, 0.1) is 11.3 Å². The fraction of sp³-hybridized carbons (Fsp3) is 0.692. The van der Waals surface area contributed by atoms with Gasteiger partial charge in [-0.1, -0.05) is 44.1 Å². The second kappa shape index (κ2) is 8.86. The van der Waals surface area contributed by atoms with Crippen molar-refractivity contribution in [2.75, 3.05) is 0 Å². The van der Waals surface area contributed by atoms with Crippen LogP contribution in [0.1, 0.15) is 32.6 Å². The molecular weight excluding hydrogens is 390 g/mol. The number of halogens is 5. The zero-order chi connectivity index (χ0) is 15.2. The first-order valence-corrected chi connectivity index (χ1v) is 16.5. The molecule has 0 radical (unpaired) electrons. The maximum Gasteiger partial charge on any atom is 0.341 e. The highest BCUT2D eigenvalue weighted by Gasteiger charge is 2.34. The molecule has 0 amide bonds. The summed E-state index contributed by atoms with van der Waals surface area (Å²) in [5.41, 5.74) is 0.177. The molecule has 0 nitrogen and oxygen atoms in total. The third-order valence-electron chi connectivity index (χ3n) is 4.01. The molecule has 1 rings (SSSR count). The van der Waals surface area contributed by atoms with Crippen LogP contribution in [0.3, 0.4) is 0 Å². The molecule has 20 heavy (non-hydrogen) atoms. The molecule has 116 valence electrons. The average Bonchev–Trinajstić information content (AvgIpc) is 2.30. The van der Waals surface area contributed by atoms with Gasteiger partial charge in [0, 0.05) is 0 Å². The molecule has 0 aliphatic heterocycles. The monoisotopic (exact) mass is 408 g/mol. The van der Waals surface area contributed by atoms with Crippen LogP contribution >= 0.6 is 55.4 Å². The Labute approximate surface area is 148 Å². The molecule has 2 unspecified atom stereocenters. The molecule has 7 heteroatoms. The number of allylic oxidation sites excluding steroid dienone is 4. The van der Waals surface area contributed by atoms with Crippen LogP contribution in [0.2, 0.25) is 12.1 Å². The lowest BCUT2D eigenvalue weighted by Gasteiger charge is -2.37. The molecule has 0 N–H and O–H groups in total. The van der Waals surface area contributed by atoms with E-state index in [1.165, 1.54) is 0 Å². The molecule has 0 saturated carbocycles. The van der Waals surface area contributed by atoms with Crippen molar-refractivity contribution in [1.29, 1.82) is 0 Å². The van der Waals surface area contributed by atoms with Crippen LogP contribution < -0.4 is 0 Å². The summed E-state index contributed by atoms with van der Waals surface area (Å²) in [4.78, 5) is 0. The molecule has 0 bridgehead atoms. The fourth-order valence-corrected chi connectivity index (χ4v) is 5.99. The minimum absolute atomic E-state index is 0.177. The normalized spacial score (nSPS) is 26.4. The second-order valence-corrected chi connectivity index (χ2v) is 20.0. The van der Waals surface area contributed by atoms with E-state index >= 15 is 0 Å². The van der Waals surface area contributed by atoms with Crippen LogP contribution in [0.5, 0.6) is 0 Å². The van der Waals surface area contributed by atoms with Gasteiger partial charge >= 0.3 is 6.00 Å². The lowest BCUT2D eigenvalue weighted by molar-refractivity contribution is 0.240. The number of rotatable bonds is 8. The Bertz CT molecular complexity index is 351. The molecule has 0 heterocycles. The molecule has 0 aromatic rings. The lowest BCUT2D eigenvalue weighted by Crippen LogP contribution is -2.28. The quantitative estimate of drug-likeness (QED) is 0.310. The summed E-state index contributed by atoms with van der Waals surface area (Å²) >= 11 is 29.9. The van der Waals surface area contributed by atoms with Crippen molar-refractivity contribution >= 4 is 68.8 Å². The van der Waals surface area contributed by atoms with E-state index < -0.39 is 13.4 Å². The minimum Gasteiger partial charge on any atom is -0.150 e. The van der Waals surface area contributed by atoms with Crippen molar-refractivity contribution in [1.82, 2.24) is 0 Å². The van der Waals surface area contributed by atoms with Crippen molar-refractivity contribution in [2.45, 2.75) is 44.7 Å². The Morgan fingerprint density at radius 3 is 2.30 bits per heavy atom. The van der Waals surface area contributed by atoms with Crippen molar-refractivity contribution in [3.8, 4) is 0 Å². The molecule has 1 aliphatic carbocycles. The molecule has 1 aliphatic rings. The van der Waals surface area contributed by atoms with E-state index in [1.54, 1.807) is 0 Å². The Morgan fingerprint density at radius 2 is 1.75 bits per heavy atom. The Morgan fingerprint density at radius 1 is 1.10 bits per heavy atom. The van der Waals surface area contributed by atoms with E-state index in [9.17, 15) is 0 Å². The first-order valence-electron chi connectivity index (χ1n) is 6.96. The maximum absolute atomic E-state index is 5.99. The van der Waals surface area contributed by atoms with Gasteiger partial charge in [0.2, 0.25) is 7.42 Å². The van der Waals surface area contributed by atoms with E-state index in [4.69, 9.17) is 55.4 Å². The summed E-state index contributed by atoms with van der Waals surface area (Å²) in [6.07, 6.45) is 13.1. The van der Waals surface area contributed by atoms with Gasteiger partial charge in [-0.3, -0.25) is 0 Å². The summed E-state index contributed by atoms with van der Waals surface area (Å²) in [6, 6.07) is -0.812. The topological polar surface area (TPSA) is 0 Å². The zero-order valence-electron chi connectivity index (χ0n) is 11.6. The largest absolute Gasteiger partial charge is 0.341 e. The van der Waals surface area contributed by atoms with Crippen molar-refractivity contribution in [2.24, 2.45) is 11.3 Å². The van der Waals surface area contributed by atoms with Gasteiger partial charge in [0.05, 0.1) is 0 Å². The van der Waals surface area contributed by atoms with Crippen LogP contribution in [-0.2, 0) is 0 Å². The van der Waals surface area contributed by atoms with Gasteiger partial charge in [-0.2, -0.15) is 22.2 Å². The van der Waals surface area contributed by atoms with Crippen LogP contribution in [-0.4, -0.2) is 13.4 Å². The van der Waals surface area contributed by atoms with E-state index in [-0.39, 0.29) is 5.41 Å². The number of hydrogen-bond donors (Lipinski definition) is 0. The molecule has 2 atom stereocenters. The summed E-state index contributed by atoms with van der Waals surface area (Å²) in [6.45, 7) is 2.27. The molecule has 0 aromatic carbocycles. The molecule has 0 aromatic heterocycles. The van der Waals surface area contributed by atoms with Gasteiger partial charge in [0.15, 0.2) is 0 Å². The third-order valence-corrected chi connectivity index (χ3v) is 8.79. The highest BCUT2D eigenvalue weighted by Crippen LogP contribution is 2.44. The van der Waals surface area contributed by atoms with E-state index in [2.05, 4.69) is 31.2 Å². The van der Waals surface area contributed by atoms with Crippen LogP contribution in [0.25, 0.3) is 0 Å². The highest BCUT2D eigenvalue weighted by atomic mass is 35.8. The summed E-state index contributed by atoms with van der Waals surface area (Å²) in [7, 11) is -1.50. The minimum atomic E-state index is -2.51. The van der Waals surface area contributed by atoms with E-state index in [0.717, 1.165) is 37.8 Å². The summed E-state index contributed by atoms with van der Waals surface area (Å²) in [5, 5.41) is 0. The van der Waals surface area contributed by atoms with Crippen molar-refractivity contribution in [3.63, 3.8) is 0 Å². The second-order valence-electron chi connectivity index (χ2n) is 5.52. The maximum atomic E-state index is 5.99. The Kier molecular flexibility index (Phi) is 8.59. The molecule has 0 fully saturated rings. The van der Waals surface area contributed by atoms with E-state index in [0.29, 0.717) is 5.92 Å². The van der Waals surface area contributed by atoms with Crippen LogP contribution in [0.4, 0.5) is 0 Å². The first-order chi connectivity index (χ1) is 9.25. The SMILES string of the molecule is CC1C=CC=CC1(CCC[SiH](Cl)Cl)CCC[Si](Cl)(Cl)Cl. The van der Waals surface area contributed by atoms with E-state index in [1.807, 2.05) is 0 Å². The van der Waals surface area contributed by atoms with Gasteiger partial charge < -0.3 is 0 Å². The van der Waals surface area contributed by atoms with Crippen molar-refractivity contribution in [3.05, 3.63) is 24.3 Å². The van der Waals surface area contributed by atoms with Gasteiger partial charge in [0.25, 0.3) is 0 Å². The van der Waals surface area contributed by atoms with Gasteiger partial charge in [-0.15, -0.1) is 33.2 Å². The average molecular weight is 411 g/mol. The third kappa shape index (κ3) is 7.08. The smallest absolute Gasteiger partial charge is 0.150 e. The Hall–Kier alpha value is 1.36. The van der Waals surface area contributed by atoms with Gasteiger partial charge in [-0.05, 0) is 36.3 Å². The summed E-state index contributed by atoms with van der Waals surface area (Å²) in [5.74, 6) is 0.510. The molecule has 0 spiro atoms. The first kappa shape index (κ1) is 19.4. The predicted molar refractivity (Wildman–Crippen MR) is 100 cm³/mol. The zero-order valence-corrected chi connectivity index (χ0v) is 17.5. The van der Waals surface area contributed by atoms with Crippen LogP contribution in [0.15, 0.2) is 24.3 Å². The highest BCUT2D eigenvalue weighted by molar-refractivity contribution is 7.64. The van der Waals surface area contributed by atoms with Gasteiger partial charge in [0.1, 0.15) is 0 Å². The fourth-order valence-electron chi connectivity index (χ4n) is 2.77. The summed E-state index contributed by atoms with van der Waals surface area (Å²) < 4.78 is 0.